The zero-order chi connectivity index (χ0) is 42.8. The van der Waals surface area contributed by atoms with Crippen LogP contribution in [0.3, 0.4) is 0 Å². The largest absolute Gasteiger partial charge is 0.472 e. The molecule has 0 radical (unpaired) electrons. The van der Waals surface area contributed by atoms with Gasteiger partial charge in [0.15, 0.2) is 0 Å². The van der Waals surface area contributed by atoms with Crippen molar-refractivity contribution in [3.63, 3.8) is 0 Å². The number of unbranched alkanes of at least 4 members (excludes halogenated alkanes) is 33. The number of quaternary nitrogens is 1. The standard InChI is InChI=1S/C49H99N2O6P/c1-6-8-10-12-14-16-18-19-20-21-22-23-24-25-26-27-28-29-30-31-32-33-35-37-39-41-43-49(53)50-47(46-57-58(54,55)56-45-44-51(3,4)5)48(52)42-40-38-36-34-17-15-13-11-9-7-2/h40,42,47-48,52H,6-39,41,43-46H2,1-5H3,(H-,50,53,54,55)/p+1/b42-40+. The van der Waals surface area contributed by atoms with Gasteiger partial charge in [0.2, 0.25) is 5.91 Å². The molecule has 0 rings (SSSR count). The molecule has 0 heterocycles. The minimum atomic E-state index is -4.33. The molecule has 0 aliphatic heterocycles. The number of rotatable bonds is 46. The second kappa shape index (κ2) is 41.6. The summed E-state index contributed by atoms with van der Waals surface area (Å²) in [5, 5.41) is 13.8. The Hall–Kier alpha value is -0.760. The number of nitrogens with one attached hydrogen (secondary N) is 1. The highest BCUT2D eigenvalue weighted by atomic mass is 31.2. The predicted molar refractivity (Wildman–Crippen MR) is 249 cm³/mol. The van der Waals surface area contributed by atoms with Gasteiger partial charge in [-0.2, -0.15) is 0 Å². The van der Waals surface area contributed by atoms with Crippen molar-refractivity contribution in [1.82, 2.24) is 5.32 Å². The molecule has 0 fully saturated rings. The molecule has 0 aromatic heterocycles. The molecule has 0 aromatic rings. The van der Waals surface area contributed by atoms with Gasteiger partial charge in [-0.1, -0.05) is 231 Å². The fraction of sp³-hybridized carbons (Fsp3) is 0.939. The predicted octanol–water partition coefficient (Wildman–Crippen LogP) is 14.3. The minimum Gasteiger partial charge on any atom is -0.387 e. The smallest absolute Gasteiger partial charge is 0.387 e. The number of phosphoric acid groups is 1. The number of likely N-dealkylation sites (N-methyl/N-ethyl adjacent to an activating group) is 1. The molecule has 1 amide bonds. The summed E-state index contributed by atoms with van der Waals surface area (Å²) >= 11 is 0. The van der Waals surface area contributed by atoms with Gasteiger partial charge in [0, 0.05) is 6.42 Å². The van der Waals surface area contributed by atoms with Gasteiger partial charge in [-0.15, -0.1) is 0 Å². The summed E-state index contributed by atoms with van der Waals surface area (Å²) < 4.78 is 23.5. The van der Waals surface area contributed by atoms with Crippen molar-refractivity contribution in [3.05, 3.63) is 12.2 Å². The first-order chi connectivity index (χ1) is 28.0. The number of aliphatic hydroxyl groups excluding tert-OH is 1. The first-order valence-corrected chi connectivity index (χ1v) is 26.6. The van der Waals surface area contributed by atoms with Gasteiger partial charge in [0.05, 0.1) is 39.9 Å². The van der Waals surface area contributed by atoms with Crippen LogP contribution in [0.15, 0.2) is 12.2 Å². The second-order valence-electron chi connectivity index (χ2n) is 18.6. The molecule has 346 valence electrons. The van der Waals surface area contributed by atoms with E-state index < -0.39 is 20.0 Å². The number of hydrogen-bond donors (Lipinski definition) is 3. The lowest BCUT2D eigenvalue weighted by Gasteiger charge is -2.25. The molecular weight excluding hydrogens is 744 g/mol. The maximum atomic E-state index is 12.9. The van der Waals surface area contributed by atoms with Crippen LogP contribution in [0.1, 0.15) is 245 Å². The lowest BCUT2D eigenvalue weighted by molar-refractivity contribution is -0.870. The van der Waals surface area contributed by atoms with Crippen molar-refractivity contribution >= 4 is 13.7 Å². The van der Waals surface area contributed by atoms with E-state index in [1.54, 1.807) is 6.08 Å². The zero-order valence-corrected chi connectivity index (χ0v) is 40.2. The number of carbonyl (C=O) groups is 1. The van der Waals surface area contributed by atoms with Crippen molar-refractivity contribution in [1.29, 1.82) is 0 Å². The summed E-state index contributed by atoms with van der Waals surface area (Å²) in [5.41, 5.74) is 0. The molecule has 0 aliphatic carbocycles. The number of carbonyl (C=O) groups excluding carboxylic acids is 1. The van der Waals surface area contributed by atoms with Crippen LogP contribution in [-0.2, 0) is 18.4 Å². The van der Waals surface area contributed by atoms with E-state index in [1.165, 1.54) is 186 Å². The Morgan fingerprint density at radius 2 is 0.914 bits per heavy atom. The monoisotopic (exact) mass is 844 g/mol. The Balaban J connectivity index is 4.07. The Morgan fingerprint density at radius 3 is 1.28 bits per heavy atom. The number of aliphatic hydroxyl groups is 1. The summed E-state index contributed by atoms with van der Waals surface area (Å²) in [4.78, 5) is 23.1. The van der Waals surface area contributed by atoms with E-state index in [0.717, 1.165) is 38.5 Å². The maximum Gasteiger partial charge on any atom is 0.472 e. The van der Waals surface area contributed by atoms with Gasteiger partial charge in [-0.25, -0.2) is 4.57 Å². The van der Waals surface area contributed by atoms with E-state index in [1.807, 2.05) is 27.2 Å². The van der Waals surface area contributed by atoms with Crippen molar-refractivity contribution in [3.8, 4) is 0 Å². The maximum absolute atomic E-state index is 12.9. The average molecular weight is 844 g/mol. The molecular formula is C49H100N2O6P+. The Bertz CT molecular complexity index is 958. The average Bonchev–Trinajstić information content (AvgIpc) is 3.17. The third kappa shape index (κ3) is 43.3. The van der Waals surface area contributed by atoms with E-state index in [4.69, 9.17) is 9.05 Å². The highest BCUT2D eigenvalue weighted by Crippen LogP contribution is 2.43. The van der Waals surface area contributed by atoms with E-state index in [9.17, 15) is 19.4 Å². The molecule has 3 unspecified atom stereocenters. The molecule has 8 nitrogen and oxygen atoms in total. The summed E-state index contributed by atoms with van der Waals surface area (Å²) in [6, 6.07) is -0.839. The van der Waals surface area contributed by atoms with Gasteiger partial charge < -0.3 is 19.8 Å². The molecule has 0 saturated carbocycles. The van der Waals surface area contributed by atoms with Gasteiger partial charge in [0.1, 0.15) is 13.2 Å². The Morgan fingerprint density at radius 1 is 0.569 bits per heavy atom. The quantitative estimate of drug-likeness (QED) is 0.0244. The lowest BCUT2D eigenvalue weighted by atomic mass is 10.0. The fourth-order valence-corrected chi connectivity index (χ4v) is 8.25. The molecule has 0 aliphatic rings. The van der Waals surface area contributed by atoms with E-state index >= 15 is 0 Å². The van der Waals surface area contributed by atoms with Crippen LogP contribution >= 0.6 is 7.82 Å². The molecule has 3 N–H and O–H groups in total. The van der Waals surface area contributed by atoms with Gasteiger partial charge in [-0.05, 0) is 19.3 Å². The van der Waals surface area contributed by atoms with Crippen LogP contribution in [0, 0.1) is 0 Å². The molecule has 0 spiro atoms. The number of amides is 1. The van der Waals surface area contributed by atoms with Gasteiger partial charge in [-0.3, -0.25) is 13.8 Å². The Labute approximate surface area is 361 Å². The van der Waals surface area contributed by atoms with Crippen LogP contribution in [0.4, 0.5) is 0 Å². The number of allylic oxidation sites excluding steroid dienone is 1. The fourth-order valence-electron chi connectivity index (χ4n) is 7.51. The summed E-state index contributed by atoms with van der Waals surface area (Å²) in [5.74, 6) is -0.174. The van der Waals surface area contributed by atoms with E-state index in [0.29, 0.717) is 17.4 Å². The third-order valence-electron chi connectivity index (χ3n) is 11.5. The lowest BCUT2D eigenvalue weighted by Crippen LogP contribution is -2.45. The first kappa shape index (κ1) is 57.2. The second-order valence-corrected chi connectivity index (χ2v) is 20.0. The first-order valence-electron chi connectivity index (χ1n) is 25.1. The molecule has 0 bridgehead atoms. The van der Waals surface area contributed by atoms with Crippen LogP contribution in [0.25, 0.3) is 0 Å². The topological polar surface area (TPSA) is 105 Å². The SMILES string of the molecule is CCCCCCCCCC/C=C/C(O)C(COP(=O)(O)OCC[N+](C)(C)C)NC(=O)CCCCCCCCCCCCCCCCCCCCCCCCCCCC. The molecule has 0 saturated heterocycles. The van der Waals surface area contributed by atoms with Crippen LogP contribution in [-0.4, -0.2) is 73.4 Å². The van der Waals surface area contributed by atoms with Crippen molar-refractivity contribution in [2.45, 2.75) is 257 Å². The zero-order valence-electron chi connectivity index (χ0n) is 39.3. The van der Waals surface area contributed by atoms with Crippen LogP contribution in [0.5, 0.6) is 0 Å². The van der Waals surface area contributed by atoms with Crippen molar-refractivity contribution in [2.75, 3.05) is 40.9 Å². The van der Waals surface area contributed by atoms with Crippen molar-refractivity contribution < 1.29 is 32.9 Å². The molecule has 58 heavy (non-hydrogen) atoms. The summed E-state index contributed by atoms with van der Waals surface area (Å²) in [7, 11) is 1.58. The van der Waals surface area contributed by atoms with Crippen molar-refractivity contribution in [2.24, 2.45) is 0 Å². The highest BCUT2D eigenvalue weighted by Gasteiger charge is 2.27. The van der Waals surface area contributed by atoms with Gasteiger partial charge in [0.25, 0.3) is 0 Å². The van der Waals surface area contributed by atoms with E-state index in [2.05, 4.69) is 19.2 Å². The normalized spacial score (nSPS) is 14.3. The highest BCUT2D eigenvalue weighted by molar-refractivity contribution is 7.47. The Kier molecular flexibility index (Phi) is 41.0. The van der Waals surface area contributed by atoms with Crippen LogP contribution in [0.2, 0.25) is 0 Å². The van der Waals surface area contributed by atoms with Gasteiger partial charge >= 0.3 is 7.82 Å². The van der Waals surface area contributed by atoms with E-state index in [-0.39, 0.29) is 19.1 Å². The number of phosphoric ester groups is 1. The molecule has 3 atom stereocenters. The molecule has 9 heteroatoms. The minimum absolute atomic E-state index is 0.0645. The van der Waals surface area contributed by atoms with Crippen LogP contribution < -0.4 is 5.32 Å². The number of nitrogens with zero attached hydrogens (tertiary/aromatic N) is 1. The summed E-state index contributed by atoms with van der Waals surface area (Å²) in [6.07, 6.45) is 48.8. The number of hydrogen-bond acceptors (Lipinski definition) is 5. The molecule has 0 aromatic carbocycles. The summed E-state index contributed by atoms with van der Waals surface area (Å²) in [6.45, 7) is 4.82. The third-order valence-corrected chi connectivity index (χ3v) is 12.5.